The topological polar surface area (TPSA) is 45.6 Å². The van der Waals surface area contributed by atoms with E-state index in [0.29, 0.717) is 0 Å². The lowest BCUT2D eigenvalue weighted by Crippen LogP contribution is -2.47. The van der Waals surface area contributed by atoms with Gasteiger partial charge >= 0.3 is 0 Å². The summed E-state index contributed by atoms with van der Waals surface area (Å²) >= 11 is 0. The summed E-state index contributed by atoms with van der Waals surface area (Å²) in [4.78, 5) is 29.1. The minimum atomic E-state index is 0.0323. The van der Waals surface area contributed by atoms with Gasteiger partial charge in [0.2, 0.25) is 0 Å². The lowest BCUT2D eigenvalue weighted by Gasteiger charge is -2.32. The molecule has 1 fully saturated rings. The van der Waals surface area contributed by atoms with Crippen LogP contribution in [0.1, 0.15) is 27.0 Å². The maximum atomic E-state index is 12.9. The van der Waals surface area contributed by atoms with Gasteiger partial charge in [-0.1, -0.05) is 12.1 Å². The molecule has 2 heterocycles. The number of rotatable bonds is 2. The summed E-state index contributed by atoms with van der Waals surface area (Å²) in [6, 6.07) is 5.96. The van der Waals surface area contributed by atoms with Crippen molar-refractivity contribution in [2.75, 3.05) is 33.2 Å². The van der Waals surface area contributed by atoms with E-state index in [-0.39, 0.29) is 11.5 Å². The fraction of sp³-hybridized carbons (Fsp3) is 0.429. The third-order valence-corrected chi connectivity index (χ3v) is 5.49. The van der Waals surface area contributed by atoms with Crippen LogP contribution in [0.25, 0.3) is 11.1 Å². The van der Waals surface area contributed by atoms with Gasteiger partial charge < -0.3 is 14.4 Å². The summed E-state index contributed by atoms with van der Waals surface area (Å²) in [7, 11) is 3.86. The molecule has 0 N–H and O–H groups in total. The third-order valence-electron chi connectivity index (χ3n) is 5.49. The number of aryl methyl sites for hydroxylation is 2. The first-order valence-corrected chi connectivity index (χ1v) is 9.05. The molecule has 2 aromatic rings. The van der Waals surface area contributed by atoms with Crippen molar-refractivity contribution < 1.29 is 4.79 Å². The molecule has 138 valence electrons. The van der Waals surface area contributed by atoms with Crippen LogP contribution in [0.3, 0.4) is 0 Å². The van der Waals surface area contributed by atoms with Gasteiger partial charge in [-0.25, -0.2) is 0 Å². The van der Waals surface area contributed by atoms with Gasteiger partial charge in [0.1, 0.15) is 0 Å². The van der Waals surface area contributed by atoms with E-state index in [1.165, 1.54) is 0 Å². The monoisotopic (exact) mass is 353 g/mol. The average molecular weight is 353 g/mol. The van der Waals surface area contributed by atoms with Crippen LogP contribution in [0.4, 0.5) is 0 Å². The van der Waals surface area contributed by atoms with E-state index in [2.05, 4.69) is 18.0 Å². The van der Waals surface area contributed by atoms with E-state index in [9.17, 15) is 9.59 Å². The second kappa shape index (κ2) is 7.08. The molecule has 1 aliphatic heterocycles. The van der Waals surface area contributed by atoms with Crippen LogP contribution < -0.4 is 5.56 Å². The largest absolute Gasteiger partial charge is 0.336 e. The predicted molar refractivity (Wildman–Crippen MR) is 105 cm³/mol. The van der Waals surface area contributed by atoms with Crippen LogP contribution in [-0.4, -0.2) is 53.5 Å². The van der Waals surface area contributed by atoms with Crippen LogP contribution in [0.5, 0.6) is 0 Å². The van der Waals surface area contributed by atoms with Crippen LogP contribution in [0.15, 0.2) is 29.2 Å². The lowest BCUT2D eigenvalue weighted by atomic mass is 9.95. The molecular weight excluding hydrogens is 326 g/mol. The zero-order chi connectivity index (χ0) is 19.0. The molecule has 1 saturated heterocycles. The highest BCUT2D eigenvalue weighted by atomic mass is 16.2. The third kappa shape index (κ3) is 3.31. The van der Waals surface area contributed by atoms with Crippen LogP contribution in [-0.2, 0) is 7.05 Å². The highest BCUT2D eigenvalue weighted by Crippen LogP contribution is 2.26. The number of hydrogen-bond donors (Lipinski definition) is 0. The Morgan fingerprint density at radius 1 is 0.962 bits per heavy atom. The smallest absolute Gasteiger partial charge is 0.254 e. The summed E-state index contributed by atoms with van der Waals surface area (Å²) in [5, 5.41) is 0. The van der Waals surface area contributed by atoms with Crippen molar-refractivity contribution >= 4 is 5.91 Å². The Hall–Kier alpha value is -2.40. The Bertz CT molecular complexity index is 906. The highest BCUT2D eigenvalue weighted by molar-refractivity contribution is 5.96. The molecule has 0 atom stereocenters. The van der Waals surface area contributed by atoms with E-state index in [1.807, 2.05) is 44.0 Å². The second-order valence-corrected chi connectivity index (χ2v) is 7.33. The van der Waals surface area contributed by atoms with Crippen molar-refractivity contribution in [3.8, 4) is 11.1 Å². The number of piperazine rings is 1. The highest BCUT2D eigenvalue weighted by Gasteiger charge is 2.22. The molecule has 0 aliphatic carbocycles. The zero-order valence-corrected chi connectivity index (χ0v) is 16.3. The summed E-state index contributed by atoms with van der Waals surface area (Å²) in [6.45, 7) is 9.20. The van der Waals surface area contributed by atoms with E-state index in [0.717, 1.165) is 59.6 Å². The van der Waals surface area contributed by atoms with E-state index < -0.39 is 0 Å². The molecule has 0 spiro atoms. The minimum Gasteiger partial charge on any atom is -0.336 e. The SMILES string of the molecule is Cc1cc(-c2cn(C)c(=O)c(C)c2C)ccc1C(=O)N1CCN(C)CC1. The molecule has 1 aromatic heterocycles. The van der Waals surface area contributed by atoms with Crippen LogP contribution in [0, 0.1) is 20.8 Å². The number of benzene rings is 1. The number of carbonyl (C=O) groups is 1. The molecule has 3 rings (SSSR count). The molecule has 0 unspecified atom stereocenters. The minimum absolute atomic E-state index is 0.0323. The molecule has 1 aliphatic rings. The quantitative estimate of drug-likeness (QED) is 0.833. The molecule has 5 heteroatoms. The normalized spacial score (nSPS) is 15.3. The van der Waals surface area contributed by atoms with Crippen molar-refractivity contribution in [2.45, 2.75) is 20.8 Å². The van der Waals surface area contributed by atoms with E-state index in [1.54, 1.807) is 11.6 Å². The van der Waals surface area contributed by atoms with Gasteiger partial charge in [0, 0.05) is 56.1 Å². The van der Waals surface area contributed by atoms with E-state index in [4.69, 9.17) is 0 Å². The van der Waals surface area contributed by atoms with Crippen LogP contribution in [0.2, 0.25) is 0 Å². The molecule has 26 heavy (non-hydrogen) atoms. The molecule has 5 nitrogen and oxygen atoms in total. The first-order chi connectivity index (χ1) is 12.3. The number of carbonyl (C=O) groups excluding carboxylic acids is 1. The summed E-state index contributed by atoms with van der Waals surface area (Å²) in [5.41, 5.74) is 5.59. The van der Waals surface area contributed by atoms with Gasteiger partial charge in [-0.2, -0.15) is 0 Å². The Morgan fingerprint density at radius 2 is 1.62 bits per heavy atom. The van der Waals surface area contributed by atoms with E-state index >= 15 is 0 Å². The van der Waals surface area contributed by atoms with Gasteiger partial charge in [0.05, 0.1) is 0 Å². The summed E-state index contributed by atoms with van der Waals surface area (Å²) in [5.74, 6) is 0.107. The number of likely N-dealkylation sites (N-methyl/N-ethyl adjacent to an activating group) is 1. The number of aromatic nitrogens is 1. The van der Waals surface area contributed by atoms with Crippen molar-refractivity contribution in [3.05, 3.63) is 57.0 Å². The van der Waals surface area contributed by atoms with Gasteiger partial charge in [-0.15, -0.1) is 0 Å². The standard InChI is InChI=1S/C21H27N3O2/c1-14-12-17(19-13-23(5)20(25)16(3)15(19)2)6-7-18(14)21(26)24-10-8-22(4)9-11-24/h6-7,12-13H,8-11H2,1-5H3. The maximum Gasteiger partial charge on any atom is 0.254 e. The average Bonchev–Trinajstić information content (AvgIpc) is 2.63. The molecule has 0 bridgehead atoms. The van der Waals surface area contributed by atoms with Crippen LogP contribution >= 0.6 is 0 Å². The van der Waals surface area contributed by atoms with Crippen molar-refractivity contribution in [3.63, 3.8) is 0 Å². The number of nitrogens with zero attached hydrogens (tertiary/aromatic N) is 3. The van der Waals surface area contributed by atoms with Crippen molar-refractivity contribution in [1.29, 1.82) is 0 Å². The zero-order valence-electron chi connectivity index (χ0n) is 16.3. The Morgan fingerprint density at radius 3 is 2.23 bits per heavy atom. The molecule has 0 radical (unpaired) electrons. The number of amides is 1. The second-order valence-electron chi connectivity index (χ2n) is 7.33. The number of pyridine rings is 1. The van der Waals surface area contributed by atoms with Gasteiger partial charge in [-0.05, 0) is 50.6 Å². The predicted octanol–water partition coefficient (Wildman–Crippen LogP) is 2.37. The summed E-state index contributed by atoms with van der Waals surface area (Å²) < 4.78 is 1.62. The van der Waals surface area contributed by atoms with Crippen molar-refractivity contribution in [1.82, 2.24) is 14.4 Å². The Labute approximate surface area is 154 Å². The number of hydrogen-bond acceptors (Lipinski definition) is 3. The fourth-order valence-electron chi connectivity index (χ4n) is 3.52. The van der Waals surface area contributed by atoms with Gasteiger partial charge in [0.25, 0.3) is 11.5 Å². The van der Waals surface area contributed by atoms with Crippen molar-refractivity contribution in [2.24, 2.45) is 7.05 Å². The van der Waals surface area contributed by atoms with Gasteiger partial charge in [-0.3, -0.25) is 9.59 Å². The fourth-order valence-corrected chi connectivity index (χ4v) is 3.52. The first kappa shape index (κ1) is 18.4. The lowest BCUT2D eigenvalue weighted by molar-refractivity contribution is 0.0663. The van der Waals surface area contributed by atoms with Gasteiger partial charge in [0.15, 0.2) is 0 Å². The Kier molecular flexibility index (Phi) is 5.01. The molecular formula is C21H27N3O2. The first-order valence-electron chi connectivity index (χ1n) is 9.05. The molecule has 1 amide bonds. The summed E-state index contributed by atoms with van der Waals surface area (Å²) in [6.07, 6.45) is 1.88. The Balaban J connectivity index is 1.94. The maximum absolute atomic E-state index is 12.9. The molecule has 1 aromatic carbocycles. The molecule has 0 saturated carbocycles.